The predicted molar refractivity (Wildman–Crippen MR) is 144 cm³/mol. The molecule has 1 aliphatic carbocycles. The summed E-state index contributed by atoms with van der Waals surface area (Å²) in [5.41, 5.74) is 8.78. The lowest BCUT2D eigenvalue weighted by atomic mass is 9.82. The average Bonchev–Trinajstić information content (AvgIpc) is 2.79. The van der Waals surface area contributed by atoms with Gasteiger partial charge >= 0.3 is 0 Å². The van der Waals surface area contributed by atoms with Crippen LogP contribution in [-0.2, 0) is 0 Å². The summed E-state index contributed by atoms with van der Waals surface area (Å²) in [7, 11) is 9.20. The van der Waals surface area contributed by atoms with Crippen molar-refractivity contribution in [1.29, 1.82) is 0 Å². The molecule has 0 aliphatic heterocycles. The van der Waals surface area contributed by atoms with Crippen molar-refractivity contribution in [3.8, 4) is 0 Å². The molecule has 0 heterocycles. The zero-order valence-electron chi connectivity index (χ0n) is 21.3. The maximum atomic E-state index is 13.2. The lowest BCUT2D eigenvalue weighted by Gasteiger charge is -2.33. The zero-order valence-corrected chi connectivity index (χ0v) is 22.1. The van der Waals surface area contributed by atoms with E-state index in [2.05, 4.69) is 39.8 Å². The van der Waals surface area contributed by atoms with E-state index in [1.165, 1.54) is 25.3 Å². The van der Waals surface area contributed by atoms with Crippen LogP contribution in [0.2, 0.25) is 0 Å². The van der Waals surface area contributed by atoms with E-state index in [0.717, 1.165) is 35.0 Å². The van der Waals surface area contributed by atoms with Crippen LogP contribution in [0, 0.1) is 0 Å². The molecule has 0 spiro atoms. The summed E-state index contributed by atoms with van der Waals surface area (Å²) in [6.45, 7) is 5.31. The van der Waals surface area contributed by atoms with Crippen LogP contribution in [0.5, 0.6) is 0 Å². The molecule has 6 nitrogen and oxygen atoms in total. The van der Waals surface area contributed by atoms with Gasteiger partial charge in [-0.3, -0.25) is 9.59 Å². The molecule has 7 heteroatoms. The van der Waals surface area contributed by atoms with E-state index in [1.807, 2.05) is 17.8 Å². The highest BCUT2D eigenvalue weighted by molar-refractivity contribution is 7.98. The largest absolute Gasteiger partial charge is 0.398 e. The van der Waals surface area contributed by atoms with Gasteiger partial charge in [-0.25, -0.2) is 0 Å². The molecule has 0 bridgehead atoms. The first-order valence-electron chi connectivity index (χ1n) is 12.0. The molecule has 0 aromatic heterocycles. The van der Waals surface area contributed by atoms with E-state index in [1.54, 1.807) is 30.3 Å². The van der Waals surface area contributed by atoms with Crippen molar-refractivity contribution in [2.24, 2.45) is 0 Å². The topological polar surface area (TPSA) is 72.2 Å². The lowest BCUT2D eigenvalue weighted by Crippen LogP contribution is -2.46. The molecule has 3 rings (SSSR count). The molecular weight excluding hydrogens is 444 g/mol. The van der Waals surface area contributed by atoms with Gasteiger partial charge in [0.1, 0.15) is 0 Å². The van der Waals surface area contributed by atoms with Crippen molar-refractivity contribution in [2.45, 2.75) is 12.8 Å². The van der Waals surface area contributed by atoms with Crippen molar-refractivity contribution >= 4 is 34.7 Å². The number of fused-ring (bicyclic) bond motifs is 2. The van der Waals surface area contributed by atoms with Gasteiger partial charge in [-0.1, -0.05) is 24.3 Å². The van der Waals surface area contributed by atoms with Crippen molar-refractivity contribution in [2.75, 3.05) is 84.0 Å². The molecule has 0 fully saturated rings. The van der Waals surface area contributed by atoms with Crippen molar-refractivity contribution < 1.29 is 18.6 Å². The fraction of sp³-hybridized carbons (Fsp3) is 0.481. The first kappa shape index (κ1) is 26.3. The van der Waals surface area contributed by atoms with Gasteiger partial charge in [0, 0.05) is 47.6 Å². The van der Waals surface area contributed by atoms with Crippen LogP contribution in [0.15, 0.2) is 36.4 Å². The third kappa shape index (κ3) is 6.20. The number of carbonyl (C=O) groups is 2. The Labute approximate surface area is 208 Å². The van der Waals surface area contributed by atoms with E-state index in [-0.39, 0.29) is 11.6 Å². The maximum Gasteiger partial charge on any atom is 0.196 e. The van der Waals surface area contributed by atoms with Gasteiger partial charge in [0.15, 0.2) is 11.6 Å². The Morgan fingerprint density at radius 2 is 1.35 bits per heavy atom. The van der Waals surface area contributed by atoms with Crippen LogP contribution < -0.4 is 11.1 Å². The molecule has 2 aromatic carbocycles. The molecule has 2 aromatic rings. The summed E-state index contributed by atoms with van der Waals surface area (Å²) < 4.78 is 2.04. The number of thioether (sulfide) groups is 1. The summed E-state index contributed by atoms with van der Waals surface area (Å²) in [5.74, 6) is 0.882. The Morgan fingerprint density at radius 1 is 0.794 bits per heavy atom. The summed E-state index contributed by atoms with van der Waals surface area (Å²) in [5, 5.41) is 3.41. The van der Waals surface area contributed by atoms with E-state index in [0.29, 0.717) is 33.6 Å². The van der Waals surface area contributed by atoms with Crippen LogP contribution in [-0.4, -0.2) is 93.5 Å². The Kier molecular flexibility index (Phi) is 8.44. The Bertz CT molecular complexity index is 1050. The Balaban J connectivity index is 1.58. The number of hydrogen-bond donors (Lipinski definition) is 2. The van der Waals surface area contributed by atoms with Crippen LogP contribution >= 0.6 is 11.8 Å². The second-order valence-electron chi connectivity index (χ2n) is 10.5. The van der Waals surface area contributed by atoms with E-state index < -0.39 is 0 Å². The molecule has 0 amide bonds. The molecule has 0 unspecified atom stereocenters. The van der Waals surface area contributed by atoms with Gasteiger partial charge in [0.05, 0.1) is 65.5 Å². The highest BCUT2D eigenvalue weighted by Gasteiger charge is 2.33. The number of nitrogens with one attached hydrogen (secondary N) is 1. The lowest BCUT2D eigenvalue weighted by molar-refractivity contribution is -0.908. The smallest absolute Gasteiger partial charge is 0.196 e. The molecular formula is C27H40N4O2S+2. The van der Waals surface area contributed by atoms with Crippen LogP contribution in [0.4, 0.5) is 11.4 Å². The number of quaternary nitrogens is 2. The summed E-state index contributed by atoms with van der Waals surface area (Å²) in [6, 6.07) is 10.5. The summed E-state index contributed by atoms with van der Waals surface area (Å²) in [4.78, 5) is 26.3. The molecule has 184 valence electrons. The number of rotatable bonds is 12. The van der Waals surface area contributed by atoms with Gasteiger partial charge in [-0.2, -0.15) is 11.8 Å². The minimum atomic E-state index is -0.178. The normalized spacial score (nSPS) is 13.6. The minimum absolute atomic E-state index is 0.140. The SMILES string of the molecule is CSCC[N+](C)(C)CCC[N+](C)(C)CCCNc1ccc(N)c2c1C(=O)c1ccccc1C2=O. The number of anilines is 2. The first-order chi connectivity index (χ1) is 16.1. The Hall–Kier alpha value is -2.35. The number of carbonyl (C=O) groups excluding carboxylic acids is 2. The monoisotopic (exact) mass is 484 g/mol. The van der Waals surface area contributed by atoms with Gasteiger partial charge in [-0.05, 0) is 18.4 Å². The maximum absolute atomic E-state index is 13.2. The molecule has 1 aliphatic rings. The molecule has 0 saturated carbocycles. The summed E-state index contributed by atoms with van der Waals surface area (Å²) in [6.07, 6.45) is 4.33. The molecule has 34 heavy (non-hydrogen) atoms. The fourth-order valence-electron chi connectivity index (χ4n) is 4.61. The molecule has 3 N–H and O–H groups in total. The van der Waals surface area contributed by atoms with E-state index in [9.17, 15) is 9.59 Å². The van der Waals surface area contributed by atoms with Gasteiger partial charge < -0.3 is 20.0 Å². The number of ketones is 2. The predicted octanol–water partition coefficient (Wildman–Crippen LogP) is 3.75. The third-order valence-corrected chi connectivity index (χ3v) is 7.38. The van der Waals surface area contributed by atoms with Crippen LogP contribution in [0.1, 0.15) is 44.7 Å². The van der Waals surface area contributed by atoms with Crippen molar-refractivity contribution in [3.63, 3.8) is 0 Å². The quantitative estimate of drug-likeness (QED) is 0.233. The van der Waals surface area contributed by atoms with Gasteiger partial charge in [-0.15, -0.1) is 0 Å². The molecule has 0 atom stereocenters. The van der Waals surface area contributed by atoms with E-state index in [4.69, 9.17) is 5.73 Å². The van der Waals surface area contributed by atoms with Crippen molar-refractivity contribution in [3.05, 3.63) is 58.7 Å². The number of nitrogens with zero attached hydrogens (tertiary/aromatic N) is 2. The van der Waals surface area contributed by atoms with Crippen LogP contribution in [0.25, 0.3) is 0 Å². The highest BCUT2D eigenvalue weighted by atomic mass is 32.2. The fourth-order valence-corrected chi connectivity index (χ4v) is 5.29. The highest BCUT2D eigenvalue weighted by Crippen LogP contribution is 2.35. The van der Waals surface area contributed by atoms with Crippen molar-refractivity contribution in [1.82, 2.24) is 0 Å². The molecule has 0 radical (unpaired) electrons. The number of benzene rings is 2. The van der Waals surface area contributed by atoms with Crippen LogP contribution in [0.3, 0.4) is 0 Å². The zero-order chi connectivity index (χ0) is 24.9. The minimum Gasteiger partial charge on any atom is -0.398 e. The third-order valence-electron chi connectivity index (χ3n) is 6.79. The second kappa shape index (κ2) is 10.9. The number of nitrogens with two attached hydrogens (primary N) is 1. The number of nitrogen functional groups attached to an aromatic ring is 1. The van der Waals surface area contributed by atoms with Gasteiger partial charge in [0.2, 0.25) is 0 Å². The average molecular weight is 485 g/mol. The standard InChI is InChI=1S/C27H38N4O2S/c1-30(2,16-9-17-31(3,4)18-19-34-5)15-8-14-29-23-13-12-22(28)24-25(23)27(33)21-11-7-6-10-20(21)26(24)32/h6-7,10-13H,8-9,14-19H2,1-5H3,(H-2,28,29,32,33)/p+2. The second-order valence-corrected chi connectivity index (χ2v) is 11.5. The number of hydrogen-bond acceptors (Lipinski definition) is 5. The Morgan fingerprint density at radius 3 is 1.97 bits per heavy atom. The summed E-state index contributed by atoms with van der Waals surface area (Å²) >= 11 is 1.91. The van der Waals surface area contributed by atoms with Gasteiger partial charge in [0.25, 0.3) is 0 Å². The molecule has 0 saturated heterocycles. The van der Waals surface area contributed by atoms with E-state index >= 15 is 0 Å². The first-order valence-corrected chi connectivity index (χ1v) is 13.4.